The molecule has 1 aliphatic heterocycles. The van der Waals surface area contributed by atoms with Crippen molar-refractivity contribution in [2.45, 2.75) is 13.3 Å². The van der Waals surface area contributed by atoms with Crippen molar-refractivity contribution in [1.29, 1.82) is 0 Å². The van der Waals surface area contributed by atoms with Crippen LogP contribution in [-0.4, -0.2) is 44.5 Å². The summed E-state index contributed by atoms with van der Waals surface area (Å²) < 4.78 is 18.9. The fourth-order valence-corrected chi connectivity index (χ4v) is 3.92. The Hall–Kier alpha value is -3.39. The molecule has 0 saturated carbocycles. The van der Waals surface area contributed by atoms with Gasteiger partial charge < -0.3 is 14.2 Å². The Balaban J connectivity index is 1.22. The molecule has 1 aliphatic rings. The van der Waals surface area contributed by atoms with E-state index in [0.717, 1.165) is 26.2 Å². The maximum Gasteiger partial charge on any atom is 0.305 e. The first-order valence-electron chi connectivity index (χ1n) is 10.4. The van der Waals surface area contributed by atoms with Crippen LogP contribution in [0.1, 0.15) is 22.5 Å². The molecular formula is C23H26FN4O3+. The van der Waals surface area contributed by atoms with Crippen molar-refractivity contribution in [1.82, 2.24) is 10.9 Å². The molecule has 2 heterocycles. The topological polar surface area (TPSA) is 79.0 Å². The van der Waals surface area contributed by atoms with Gasteiger partial charge in [-0.1, -0.05) is 18.2 Å². The van der Waals surface area contributed by atoms with Gasteiger partial charge in [-0.2, -0.15) is 0 Å². The average molecular weight is 425 g/mol. The quantitative estimate of drug-likeness (QED) is 0.541. The predicted molar refractivity (Wildman–Crippen MR) is 115 cm³/mol. The number of carbonyl (C=O) groups is 2. The second kappa shape index (κ2) is 9.18. The molecule has 2 aromatic carbocycles. The monoisotopic (exact) mass is 425 g/mol. The van der Waals surface area contributed by atoms with Crippen molar-refractivity contribution in [3.8, 4) is 0 Å². The van der Waals surface area contributed by atoms with Crippen LogP contribution in [-0.2, 0) is 4.79 Å². The van der Waals surface area contributed by atoms with E-state index in [1.165, 1.54) is 28.8 Å². The summed E-state index contributed by atoms with van der Waals surface area (Å²) in [6.07, 6.45) is 0.311. The number of hydrogen-bond donors (Lipinski definition) is 3. The molecule has 3 aromatic rings. The van der Waals surface area contributed by atoms with Gasteiger partial charge in [0.1, 0.15) is 11.4 Å². The largest absolute Gasteiger partial charge is 0.451 e. The standard InChI is InChI=1S/C23H25FN4O3/c1-16-19-15-17(24)7-8-20(19)31-22(16)23(30)26-25-21(29)9-10-27-11-13-28(14-12-27)18-5-3-2-4-6-18/h2-8,15H,9-14H2,1H3,(H,25,29)(H,26,30)/p+1. The molecule has 7 nitrogen and oxygen atoms in total. The Morgan fingerprint density at radius 3 is 2.58 bits per heavy atom. The maximum absolute atomic E-state index is 13.4. The second-order valence-electron chi connectivity index (χ2n) is 7.77. The third-order valence-electron chi connectivity index (χ3n) is 5.72. The van der Waals surface area contributed by atoms with E-state index in [4.69, 9.17) is 4.42 Å². The van der Waals surface area contributed by atoms with Gasteiger partial charge in [0.2, 0.25) is 5.91 Å². The van der Waals surface area contributed by atoms with Crippen LogP contribution in [0.4, 0.5) is 10.1 Å². The first-order valence-corrected chi connectivity index (χ1v) is 10.4. The first kappa shape index (κ1) is 20.9. The Bertz CT molecular complexity index is 1080. The van der Waals surface area contributed by atoms with Crippen LogP contribution in [0.15, 0.2) is 52.9 Å². The minimum Gasteiger partial charge on any atom is -0.451 e. The molecule has 0 atom stereocenters. The highest BCUT2D eigenvalue weighted by atomic mass is 19.1. The number of furan rings is 1. The van der Waals surface area contributed by atoms with Gasteiger partial charge in [-0.3, -0.25) is 20.4 Å². The molecule has 0 radical (unpaired) electrons. The number of anilines is 1. The Labute approximate surface area is 179 Å². The predicted octanol–water partition coefficient (Wildman–Crippen LogP) is 1.44. The number of rotatable bonds is 5. The molecule has 1 aromatic heterocycles. The van der Waals surface area contributed by atoms with Gasteiger partial charge in [0.25, 0.3) is 0 Å². The van der Waals surface area contributed by atoms with Crippen LogP contribution in [0.3, 0.4) is 0 Å². The number of quaternary nitrogens is 1. The van der Waals surface area contributed by atoms with Gasteiger partial charge in [0.15, 0.2) is 5.76 Å². The van der Waals surface area contributed by atoms with Gasteiger partial charge in [0, 0.05) is 16.6 Å². The van der Waals surface area contributed by atoms with Crippen molar-refractivity contribution < 1.29 is 23.3 Å². The summed E-state index contributed by atoms with van der Waals surface area (Å²) in [6.45, 7) is 6.20. The number of piperazine rings is 1. The maximum atomic E-state index is 13.4. The van der Waals surface area contributed by atoms with Crippen molar-refractivity contribution in [3.63, 3.8) is 0 Å². The fraction of sp³-hybridized carbons (Fsp3) is 0.304. The highest BCUT2D eigenvalue weighted by Crippen LogP contribution is 2.25. The van der Waals surface area contributed by atoms with E-state index in [-0.39, 0.29) is 11.7 Å². The number of aryl methyl sites for hydroxylation is 1. The summed E-state index contributed by atoms with van der Waals surface area (Å²) >= 11 is 0. The highest BCUT2D eigenvalue weighted by molar-refractivity contribution is 5.99. The van der Waals surface area contributed by atoms with Gasteiger partial charge in [-0.25, -0.2) is 4.39 Å². The summed E-state index contributed by atoms with van der Waals surface area (Å²) in [6, 6.07) is 14.4. The number of amides is 2. The van der Waals surface area contributed by atoms with Gasteiger partial charge in [-0.05, 0) is 37.3 Å². The van der Waals surface area contributed by atoms with Crippen molar-refractivity contribution >= 4 is 28.5 Å². The van der Waals surface area contributed by atoms with Crippen LogP contribution in [0.5, 0.6) is 0 Å². The third kappa shape index (κ3) is 4.86. The van der Waals surface area contributed by atoms with Gasteiger partial charge in [0.05, 0.1) is 39.1 Å². The van der Waals surface area contributed by atoms with Crippen molar-refractivity contribution in [2.75, 3.05) is 37.6 Å². The number of nitrogens with one attached hydrogen (secondary N) is 3. The molecule has 2 amide bonds. The molecule has 0 unspecified atom stereocenters. The molecular weight excluding hydrogens is 399 g/mol. The lowest BCUT2D eigenvalue weighted by molar-refractivity contribution is -0.900. The number of benzene rings is 2. The van der Waals surface area contributed by atoms with Gasteiger partial charge >= 0.3 is 5.91 Å². The zero-order valence-corrected chi connectivity index (χ0v) is 17.4. The molecule has 0 bridgehead atoms. The molecule has 31 heavy (non-hydrogen) atoms. The molecule has 1 saturated heterocycles. The number of para-hydroxylation sites is 1. The summed E-state index contributed by atoms with van der Waals surface area (Å²) in [7, 11) is 0. The van der Waals surface area contributed by atoms with E-state index in [0.29, 0.717) is 29.5 Å². The highest BCUT2D eigenvalue weighted by Gasteiger charge is 2.22. The molecule has 0 aliphatic carbocycles. The van der Waals surface area contributed by atoms with Crippen LogP contribution < -0.4 is 20.7 Å². The zero-order chi connectivity index (χ0) is 21.8. The average Bonchev–Trinajstić information content (AvgIpc) is 3.13. The number of nitrogens with zero attached hydrogens (tertiary/aromatic N) is 1. The molecule has 162 valence electrons. The molecule has 3 N–H and O–H groups in total. The van der Waals surface area contributed by atoms with E-state index in [9.17, 15) is 14.0 Å². The first-order chi connectivity index (χ1) is 15.0. The number of hydrogen-bond acceptors (Lipinski definition) is 4. The summed E-state index contributed by atoms with van der Waals surface area (Å²) in [5.41, 5.74) is 7.01. The van der Waals surface area contributed by atoms with E-state index < -0.39 is 11.7 Å². The second-order valence-corrected chi connectivity index (χ2v) is 7.77. The van der Waals surface area contributed by atoms with Crippen LogP contribution >= 0.6 is 0 Å². The van der Waals surface area contributed by atoms with E-state index in [1.807, 2.05) is 18.2 Å². The molecule has 1 fully saturated rings. The Morgan fingerprint density at radius 2 is 1.84 bits per heavy atom. The Morgan fingerprint density at radius 1 is 1.10 bits per heavy atom. The van der Waals surface area contributed by atoms with Crippen molar-refractivity contribution in [2.24, 2.45) is 0 Å². The minimum atomic E-state index is -0.564. The lowest BCUT2D eigenvalue weighted by Crippen LogP contribution is -3.15. The number of halogens is 1. The number of hydrazine groups is 1. The third-order valence-corrected chi connectivity index (χ3v) is 5.72. The van der Waals surface area contributed by atoms with Crippen LogP contribution in [0.25, 0.3) is 11.0 Å². The van der Waals surface area contributed by atoms with E-state index >= 15 is 0 Å². The fourth-order valence-electron chi connectivity index (χ4n) is 3.92. The van der Waals surface area contributed by atoms with E-state index in [1.54, 1.807) is 6.92 Å². The van der Waals surface area contributed by atoms with Crippen LogP contribution in [0, 0.1) is 12.7 Å². The lowest BCUT2D eigenvalue weighted by atomic mass is 10.1. The summed E-state index contributed by atoms with van der Waals surface area (Å²) in [5.74, 6) is -1.16. The normalized spacial score (nSPS) is 14.6. The Kier molecular flexibility index (Phi) is 6.18. The van der Waals surface area contributed by atoms with Gasteiger partial charge in [-0.15, -0.1) is 0 Å². The van der Waals surface area contributed by atoms with E-state index in [2.05, 4.69) is 27.9 Å². The number of carbonyl (C=O) groups excluding carboxylic acids is 2. The smallest absolute Gasteiger partial charge is 0.305 e. The zero-order valence-electron chi connectivity index (χ0n) is 17.4. The lowest BCUT2D eigenvalue weighted by Gasteiger charge is -2.33. The summed E-state index contributed by atoms with van der Waals surface area (Å²) in [5, 5.41) is 0.537. The number of fused-ring (bicyclic) bond motifs is 1. The molecule has 4 rings (SSSR count). The molecule has 8 heteroatoms. The SMILES string of the molecule is Cc1c(C(=O)NNC(=O)CC[NH+]2CCN(c3ccccc3)CC2)oc2ccc(F)cc12. The molecule has 0 spiro atoms. The summed E-state index contributed by atoms with van der Waals surface area (Å²) in [4.78, 5) is 28.3. The minimum absolute atomic E-state index is 0.0589. The van der Waals surface area contributed by atoms with Crippen molar-refractivity contribution in [3.05, 3.63) is 65.7 Å². The van der Waals surface area contributed by atoms with Crippen LogP contribution in [0.2, 0.25) is 0 Å².